The van der Waals surface area contributed by atoms with E-state index >= 15 is 0 Å². The maximum absolute atomic E-state index is 11.9. The van der Waals surface area contributed by atoms with Crippen molar-refractivity contribution in [3.05, 3.63) is 0 Å². The maximum atomic E-state index is 11.9. The van der Waals surface area contributed by atoms with Crippen LogP contribution in [-0.2, 0) is 18.6 Å². The smallest absolute Gasteiger partial charge is 0.254 e. The lowest BCUT2D eigenvalue weighted by molar-refractivity contribution is -0.00921. The fourth-order valence-electron chi connectivity index (χ4n) is 1.81. The molecule has 1 aliphatic heterocycles. The van der Waals surface area contributed by atoms with Gasteiger partial charge in [0.05, 0.1) is 12.7 Å². The molecule has 0 N–H and O–H groups in total. The van der Waals surface area contributed by atoms with Gasteiger partial charge in [0.25, 0.3) is 6.57 Å². The van der Waals surface area contributed by atoms with Gasteiger partial charge in [0.15, 0.2) is 0 Å². The van der Waals surface area contributed by atoms with Crippen molar-refractivity contribution in [3.63, 3.8) is 0 Å². The molecule has 0 aromatic carbocycles. The normalized spacial score (nSPS) is 38.5. The van der Waals surface area contributed by atoms with Crippen molar-refractivity contribution in [1.82, 2.24) is 0 Å². The van der Waals surface area contributed by atoms with Gasteiger partial charge in [0.1, 0.15) is 14.0 Å². The van der Waals surface area contributed by atoms with Crippen LogP contribution in [-0.4, -0.2) is 45.9 Å². The predicted molar refractivity (Wildman–Crippen MR) is 70.3 cm³/mol. The molecule has 0 aromatic heterocycles. The Kier molecular flexibility index (Phi) is 5.40. The zero-order chi connectivity index (χ0) is 12.3. The second kappa shape index (κ2) is 5.92. The molecule has 1 fully saturated rings. The minimum absolute atomic E-state index is 0.0929. The molecule has 0 radical (unpaired) electrons. The molecule has 0 saturated carbocycles. The van der Waals surface area contributed by atoms with E-state index in [1.807, 2.05) is 21.7 Å². The molecule has 0 aromatic rings. The molecular formula is C9H20BO4PS. The van der Waals surface area contributed by atoms with Crippen molar-refractivity contribution < 1.29 is 18.6 Å². The first-order valence-corrected chi connectivity index (χ1v) is 8.52. The molecule has 1 rings (SSSR count). The summed E-state index contributed by atoms with van der Waals surface area (Å²) in [6.07, 6.45) is 0.0770. The third kappa shape index (κ3) is 3.51. The molecule has 94 valence electrons. The Balaban J connectivity index is 2.70. The van der Waals surface area contributed by atoms with E-state index in [2.05, 4.69) is 12.2 Å². The summed E-state index contributed by atoms with van der Waals surface area (Å²) in [5.74, 6) is 0.201. The summed E-state index contributed by atoms with van der Waals surface area (Å²) in [6.45, 7) is 1.51. The Morgan fingerprint density at radius 2 is 2.19 bits per heavy atom. The minimum atomic E-state index is -2.79. The summed E-state index contributed by atoms with van der Waals surface area (Å²) >= 11 is 4.08. The fraction of sp³-hybridized carbons (Fsp3) is 1.00. The van der Waals surface area contributed by atoms with Crippen molar-refractivity contribution in [2.45, 2.75) is 32.1 Å². The maximum Gasteiger partial charge on any atom is 0.254 e. The summed E-state index contributed by atoms with van der Waals surface area (Å²) in [4.78, 5) is 0. The molecule has 5 atom stereocenters. The molecule has 1 aliphatic rings. The molecule has 4 nitrogen and oxygen atoms in total. The molecule has 2 unspecified atom stereocenters. The van der Waals surface area contributed by atoms with Gasteiger partial charge in [0.2, 0.25) is 0 Å². The van der Waals surface area contributed by atoms with Crippen molar-refractivity contribution >= 4 is 26.7 Å². The van der Waals surface area contributed by atoms with Gasteiger partial charge in [-0.05, 0) is 0 Å². The van der Waals surface area contributed by atoms with Gasteiger partial charge in [-0.2, -0.15) is 0 Å². The molecule has 0 spiro atoms. The lowest BCUT2D eigenvalue weighted by atomic mass is 9.86. The van der Waals surface area contributed by atoms with Crippen molar-refractivity contribution in [3.8, 4) is 0 Å². The van der Waals surface area contributed by atoms with Gasteiger partial charge < -0.3 is 14.0 Å². The van der Waals surface area contributed by atoms with E-state index < -0.39 is 6.57 Å². The van der Waals surface area contributed by atoms with E-state index in [1.54, 1.807) is 7.11 Å². The highest BCUT2D eigenvalue weighted by Crippen LogP contribution is 2.54. The van der Waals surface area contributed by atoms with E-state index in [0.29, 0.717) is 12.8 Å². The zero-order valence-electron chi connectivity index (χ0n) is 10.3. The number of thiol groups is 1. The van der Waals surface area contributed by atoms with Gasteiger partial charge in [-0.15, -0.1) is 0 Å². The molecule has 0 amide bonds. The number of hydrogen-bond donors (Lipinski definition) is 1. The van der Waals surface area contributed by atoms with Crippen LogP contribution in [0.15, 0.2) is 0 Å². The van der Waals surface area contributed by atoms with Crippen LogP contribution < -0.4 is 0 Å². The highest BCUT2D eigenvalue weighted by molar-refractivity contribution is 8.46. The van der Waals surface area contributed by atoms with Crippen LogP contribution >= 0.6 is 18.8 Å². The standard InChI is InChI=1S/C9H20BO4PS/c1-4-15(11,16)14-8-6(2)9(10)13-7(8)5-12-3/h6-9H,4-5,10H2,1-3H3,(H,11,16)/t6-,7+,8?,9+,15?/m0/s1. The second-order valence-electron chi connectivity index (χ2n) is 4.22. The largest absolute Gasteiger partial charge is 0.382 e. The average molecular weight is 266 g/mol. The first-order chi connectivity index (χ1) is 7.41. The monoisotopic (exact) mass is 266 g/mol. The Bertz CT molecular complexity index is 278. The lowest BCUT2D eigenvalue weighted by Crippen LogP contribution is -2.31. The van der Waals surface area contributed by atoms with Crippen LogP contribution in [0.4, 0.5) is 0 Å². The van der Waals surface area contributed by atoms with Gasteiger partial charge >= 0.3 is 0 Å². The van der Waals surface area contributed by atoms with E-state index in [9.17, 15) is 4.57 Å². The van der Waals surface area contributed by atoms with Gasteiger partial charge in [-0.1, -0.05) is 26.1 Å². The SMILES string of the molecule is B[C@@H]1O[C@H](COC)C(OP(=O)(S)CC)[C@@H]1C. The van der Waals surface area contributed by atoms with E-state index in [0.717, 1.165) is 0 Å². The quantitative estimate of drug-likeness (QED) is 0.460. The highest BCUT2D eigenvalue weighted by atomic mass is 32.7. The molecule has 0 aliphatic carbocycles. The van der Waals surface area contributed by atoms with E-state index in [-0.39, 0.29) is 24.1 Å². The summed E-state index contributed by atoms with van der Waals surface area (Å²) in [5.41, 5.74) is 0. The first kappa shape index (κ1) is 14.6. The van der Waals surface area contributed by atoms with Crippen molar-refractivity contribution in [1.29, 1.82) is 0 Å². The molecule has 0 bridgehead atoms. The Morgan fingerprint density at radius 1 is 1.56 bits per heavy atom. The van der Waals surface area contributed by atoms with Crippen LogP contribution in [0.3, 0.4) is 0 Å². The molecule has 1 saturated heterocycles. The third-order valence-electron chi connectivity index (χ3n) is 3.03. The summed E-state index contributed by atoms with van der Waals surface area (Å²) < 4.78 is 28.3. The van der Waals surface area contributed by atoms with Gasteiger partial charge in [0, 0.05) is 25.2 Å². The van der Waals surface area contributed by atoms with Crippen LogP contribution in [0.5, 0.6) is 0 Å². The highest BCUT2D eigenvalue weighted by Gasteiger charge is 2.42. The minimum Gasteiger partial charge on any atom is -0.382 e. The van der Waals surface area contributed by atoms with E-state index in [1.165, 1.54) is 0 Å². The topological polar surface area (TPSA) is 44.8 Å². The van der Waals surface area contributed by atoms with Crippen LogP contribution in [0.25, 0.3) is 0 Å². The third-order valence-corrected chi connectivity index (χ3v) is 5.53. The van der Waals surface area contributed by atoms with Crippen LogP contribution in [0.2, 0.25) is 0 Å². The average Bonchev–Trinajstić information content (AvgIpc) is 2.47. The summed E-state index contributed by atoms with van der Waals surface area (Å²) in [6, 6.07) is 0.0929. The Hall–Kier alpha value is 0.525. The number of ether oxygens (including phenoxy) is 2. The van der Waals surface area contributed by atoms with Crippen LogP contribution in [0.1, 0.15) is 13.8 Å². The Labute approximate surface area is 103 Å². The molecule has 16 heavy (non-hydrogen) atoms. The number of methoxy groups -OCH3 is 1. The zero-order valence-corrected chi connectivity index (χ0v) is 12.0. The van der Waals surface area contributed by atoms with Crippen LogP contribution in [0, 0.1) is 5.92 Å². The molecule has 7 heteroatoms. The summed E-state index contributed by atoms with van der Waals surface area (Å²) in [7, 11) is 3.61. The van der Waals surface area contributed by atoms with Gasteiger partial charge in [-0.25, -0.2) is 0 Å². The molecular weight excluding hydrogens is 246 g/mol. The van der Waals surface area contributed by atoms with Crippen molar-refractivity contribution in [2.24, 2.45) is 5.92 Å². The number of rotatable bonds is 5. The van der Waals surface area contributed by atoms with Crippen molar-refractivity contribution in [2.75, 3.05) is 19.9 Å². The number of hydrogen-bond acceptors (Lipinski definition) is 4. The Morgan fingerprint density at radius 3 is 2.69 bits per heavy atom. The lowest BCUT2D eigenvalue weighted by Gasteiger charge is -2.24. The predicted octanol–water partition coefficient (Wildman–Crippen LogP) is 1.15. The molecule has 1 heterocycles. The van der Waals surface area contributed by atoms with Gasteiger partial charge in [-0.3, -0.25) is 4.57 Å². The second-order valence-corrected chi connectivity index (χ2v) is 8.16. The fourth-order valence-corrected chi connectivity index (χ4v) is 2.99. The first-order valence-electron chi connectivity index (χ1n) is 5.56. The van der Waals surface area contributed by atoms with E-state index in [4.69, 9.17) is 14.0 Å². The summed E-state index contributed by atoms with van der Waals surface area (Å²) in [5, 5.41) is 0.